The lowest BCUT2D eigenvalue weighted by atomic mass is 10.2. The minimum Gasteiger partial charge on any atom is -0.321 e. The number of aromatic nitrogens is 3. The molecule has 0 saturated heterocycles. The summed E-state index contributed by atoms with van der Waals surface area (Å²) in [5, 5.41) is 13.6. The lowest BCUT2D eigenvalue weighted by molar-refractivity contribution is -0.384. The summed E-state index contributed by atoms with van der Waals surface area (Å²) >= 11 is 1.96. The number of aryl methyl sites for hydroxylation is 1. The summed E-state index contributed by atoms with van der Waals surface area (Å²) in [7, 11) is 0. The second-order valence-corrected chi connectivity index (χ2v) is 6.29. The Hall–Kier alpha value is -2.82. The van der Waals surface area contributed by atoms with Gasteiger partial charge in [0.25, 0.3) is 11.6 Å². The van der Waals surface area contributed by atoms with Gasteiger partial charge in [-0.15, -0.1) is 0 Å². The molecule has 1 N–H and O–H groups in total. The number of carbonyl (C=O) groups is 1. The van der Waals surface area contributed by atoms with Crippen molar-refractivity contribution in [3.8, 4) is 5.82 Å². The molecule has 1 amide bonds. The number of nitrogens with zero attached hydrogens (tertiary/aromatic N) is 4. The average Bonchev–Trinajstić information content (AvgIpc) is 3.01. The number of hydrogen-bond acceptors (Lipinski definition) is 5. The zero-order valence-electron chi connectivity index (χ0n) is 13.0. The van der Waals surface area contributed by atoms with Gasteiger partial charge in [0.15, 0.2) is 0 Å². The van der Waals surface area contributed by atoms with Crippen LogP contribution in [0.1, 0.15) is 16.2 Å². The van der Waals surface area contributed by atoms with Crippen molar-refractivity contribution in [2.45, 2.75) is 6.92 Å². The number of anilines is 1. The first-order chi connectivity index (χ1) is 12.0. The molecule has 0 radical (unpaired) electrons. The number of pyridine rings is 1. The van der Waals surface area contributed by atoms with Gasteiger partial charge in [0, 0.05) is 28.1 Å². The maximum absolute atomic E-state index is 12.4. The molecular formula is C16H12IN5O3. The Balaban J connectivity index is 1.81. The van der Waals surface area contributed by atoms with E-state index < -0.39 is 10.8 Å². The molecule has 1 aromatic carbocycles. The minimum atomic E-state index is -0.531. The van der Waals surface area contributed by atoms with Crippen LogP contribution >= 0.6 is 22.6 Å². The van der Waals surface area contributed by atoms with E-state index in [1.54, 1.807) is 24.5 Å². The van der Waals surface area contributed by atoms with Gasteiger partial charge in [0.2, 0.25) is 0 Å². The summed E-state index contributed by atoms with van der Waals surface area (Å²) in [6.07, 6.45) is 5.00. The highest BCUT2D eigenvalue weighted by molar-refractivity contribution is 14.1. The number of nitro groups is 1. The van der Waals surface area contributed by atoms with E-state index >= 15 is 0 Å². The van der Waals surface area contributed by atoms with Gasteiger partial charge in [-0.1, -0.05) is 0 Å². The third-order valence-electron chi connectivity index (χ3n) is 3.48. The van der Waals surface area contributed by atoms with Crippen LogP contribution in [0.4, 0.5) is 11.4 Å². The Morgan fingerprint density at radius 2 is 2.08 bits per heavy atom. The Morgan fingerprint density at radius 3 is 2.68 bits per heavy atom. The van der Waals surface area contributed by atoms with Crippen molar-refractivity contribution >= 4 is 39.9 Å². The summed E-state index contributed by atoms with van der Waals surface area (Å²) < 4.78 is 2.44. The maximum Gasteiger partial charge on any atom is 0.270 e. The summed E-state index contributed by atoms with van der Waals surface area (Å²) in [5.74, 6) is 1.05. The van der Waals surface area contributed by atoms with Gasteiger partial charge >= 0.3 is 0 Å². The Morgan fingerprint density at radius 1 is 1.28 bits per heavy atom. The Kier molecular flexibility index (Phi) is 4.74. The summed E-state index contributed by atoms with van der Waals surface area (Å²) in [5.41, 5.74) is 0.604. The number of rotatable bonds is 4. The van der Waals surface area contributed by atoms with Crippen LogP contribution in [0, 0.1) is 20.6 Å². The topological polar surface area (TPSA) is 103 Å². The maximum atomic E-state index is 12.4. The molecule has 0 saturated carbocycles. The van der Waals surface area contributed by atoms with Crippen molar-refractivity contribution in [2.75, 3.05) is 5.32 Å². The number of benzene rings is 1. The summed E-state index contributed by atoms with van der Waals surface area (Å²) in [6, 6.07) is 7.62. The van der Waals surface area contributed by atoms with Gasteiger partial charge in [-0.25, -0.2) is 9.97 Å². The van der Waals surface area contributed by atoms with Gasteiger partial charge in [-0.05, 0) is 47.7 Å². The van der Waals surface area contributed by atoms with Crippen LogP contribution in [0.25, 0.3) is 5.82 Å². The van der Waals surface area contributed by atoms with E-state index in [4.69, 9.17) is 0 Å². The molecule has 25 heavy (non-hydrogen) atoms. The normalized spacial score (nSPS) is 10.5. The quantitative estimate of drug-likeness (QED) is 0.374. The van der Waals surface area contributed by atoms with Gasteiger partial charge in [0.1, 0.15) is 11.6 Å². The molecule has 0 unspecified atom stereocenters. The monoisotopic (exact) mass is 449 g/mol. The highest BCUT2D eigenvalue weighted by atomic mass is 127. The van der Waals surface area contributed by atoms with Crippen LogP contribution in [0.2, 0.25) is 0 Å². The van der Waals surface area contributed by atoms with Gasteiger partial charge in [0.05, 0.1) is 22.4 Å². The molecular weight excluding hydrogens is 437 g/mol. The largest absolute Gasteiger partial charge is 0.321 e. The summed E-state index contributed by atoms with van der Waals surface area (Å²) in [4.78, 5) is 31.2. The molecule has 3 rings (SSSR count). The molecule has 3 aromatic rings. The SMILES string of the molecule is Cc1nccn1-c1ccc(NC(=O)c2cc([N+](=O)[O-])ccc2I)cn1. The van der Waals surface area contributed by atoms with E-state index in [0.29, 0.717) is 15.1 Å². The molecule has 0 aliphatic carbocycles. The third-order valence-corrected chi connectivity index (χ3v) is 4.42. The zero-order chi connectivity index (χ0) is 18.0. The predicted octanol–water partition coefficient (Wildman–Crippen LogP) is 3.34. The van der Waals surface area contributed by atoms with Crippen molar-refractivity contribution in [2.24, 2.45) is 0 Å². The van der Waals surface area contributed by atoms with Crippen LogP contribution < -0.4 is 5.32 Å². The second-order valence-electron chi connectivity index (χ2n) is 5.12. The lowest BCUT2D eigenvalue weighted by Gasteiger charge is -2.08. The second kappa shape index (κ2) is 6.97. The standard InChI is InChI=1S/C16H12IN5O3/c1-10-18-6-7-21(10)15-5-2-11(9-19-15)20-16(23)13-8-12(22(24)25)3-4-14(13)17/h2-9H,1H3,(H,20,23). The number of nitrogens with one attached hydrogen (secondary N) is 1. The lowest BCUT2D eigenvalue weighted by Crippen LogP contribution is -2.14. The first kappa shape index (κ1) is 17.0. The van der Waals surface area contributed by atoms with Crippen molar-refractivity contribution in [1.29, 1.82) is 0 Å². The molecule has 0 spiro atoms. The van der Waals surface area contributed by atoms with Gasteiger partial charge in [-0.2, -0.15) is 0 Å². The molecule has 0 atom stereocenters. The molecule has 0 fully saturated rings. The van der Waals surface area contributed by atoms with Crippen LogP contribution in [-0.2, 0) is 0 Å². The highest BCUT2D eigenvalue weighted by Gasteiger charge is 2.16. The first-order valence-electron chi connectivity index (χ1n) is 7.17. The average molecular weight is 449 g/mol. The molecule has 0 bridgehead atoms. The molecule has 2 aromatic heterocycles. The van der Waals surface area contributed by atoms with E-state index in [1.807, 2.05) is 34.1 Å². The number of nitro benzene ring substituents is 1. The molecule has 0 aliphatic heterocycles. The molecule has 9 heteroatoms. The van der Waals surface area contributed by atoms with Crippen molar-refractivity contribution in [3.63, 3.8) is 0 Å². The van der Waals surface area contributed by atoms with Crippen LogP contribution in [0.5, 0.6) is 0 Å². The van der Waals surface area contributed by atoms with Crippen molar-refractivity contribution in [3.05, 3.63) is 74.0 Å². The fourth-order valence-electron chi connectivity index (χ4n) is 2.22. The van der Waals surface area contributed by atoms with Gasteiger partial charge in [-0.3, -0.25) is 19.5 Å². The van der Waals surface area contributed by atoms with E-state index in [0.717, 1.165) is 5.82 Å². The van der Waals surface area contributed by atoms with E-state index in [-0.39, 0.29) is 11.3 Å². The van der Waals surface area contributed by atoms with Crippen LogP contribution in [0.3, 0.4) is 0 Å². The third kappa shape index (κ3) is 3.65. The number of carbonyl (C=O) groups excluding carboxylic acids is 1. The van der Waals surface area contributed by atoms with Crippen molar-refractivity contribution < 1.29 is 9.72 Å². The smallest absolute Gasteiger partial charge is 0.270 e. The number of halogens is 1. The molecule has 126 valence electrons. The van der Waals surface area contributed by atoms with Crippen molar-refractivity contribution in [1.82, 2.24) is 14.5 Å². The summed E-state index contributed by atoms with van der Waals surface area (Å²) in [6.45, 7) is 1.86. The number of imidazole rings is 1. The van der Waals surface area contributed by atoms with E-state index in [2.05, 4.69) is 15.3 Å². The molecule has 0 aliphatic rings. The minimum absolute atomic E-state index is 0.130. The highest BCUT2D eigenvalue weighted by Crippen LogP contribution is 2.21. The van der Waals surface area contributed by atoms with E-state index in [1.165, 1.54) is 24.4 Å². The van der Waals surface area contributed by atoms with Gasteiger partial charge < -0.3 is 5.32 Å². The van der Waals surface area contributed by atoms with Crippen LogP contribution in [0.15, 0.2) is 48.9 Å². The number of hydrogen-bond donors (Lipinski definition) is 1. The predicted molar refractivity (Wildman–Crippen MR) is 99.9 cm³/mol. The first-order valence-corrected chi connectivity index (χ1v) is 8.25. The molecule has 2 heterocycles. The number of amides is 1. The van der Waals surface area contributed by atoms with Crippen LogP contribution in [-0.4, -0.2) is 25.4 Å². The molecule has 8 nitrogen and oxygen atoms in total. The number of non-ortho nitro benzene ring substituents is 1. The fourth-order valence-corrected chi connectivity index (χ4v) is 2.80. The van der Waals surface area contributed by atoms with E-state index in [9.17, 15) is 14.9 Å². The zero-order valence-corrected chi connectivity index (χ0v) is 15.2. The Labute approximate surface area is 156 Å². The Bertz CT molecular complexity index is 953. The fraction of sp³-hybridized carbons (Fsp3) is 0.0625.